The Morgan fingerprint density at radius 2 is 2.06 bits per heavy atom. The van der Waals surface area contributed by atoms with Crippen LogP contribution in [0, 0.1) is 5.92 Å². The lowest BCUT2D eigenvalue weighted by Gasteiger charge is -2.50. The van der Waals surface area contributed by atoms with Crippen molar-refractivity contribution in [1.29, 1.82) is 0 Å². The fraction of sp³-hybridized carbons (Fsp3) is 1.00. The highest BCUT2D eigenvalue weighted by atomic mass is 16.5. The Hall–Kier alpha value is -0.120. The van der Waals surface area contributed by atoms with Crippen LogP contribution in [0.1, 0.15) is 39.0 Å². The number of rotatable bonds is 4. The summed E-state index contributed by atoms with van der Waals surface area (Å²) < 4.78 is 5.28. The van der Waals surface area contributed by atoms with Crippen molar-refractivity contribution < 1.29 is 4.74 Å². The van der Waals surface area contributed by atoms with Crippen LogP contribution < -0.4 is 5.32 Å². The minimum atomic E-state index is 0.471. The van der Waals surface area contributed by atoms with Crippen molar-refractivity contribution in [3.63, 3.8) is 0 Å². The fourth-order valence-electron chi connectivity index (χ4n) is 3.59. The minimum absolute atomic E-state index is 0.471. The van der Waals surface area contributed by atoms with Crippen molar-refractivity contribution in [3.05, 3.63) is 0 Å². The van der Waals surface area contributed by atoms with Gasteiger partial charge in [0.05, 0.1) is 0 Å². The molecule has 1 atom stereocenters. The van der Waals surface area contributed by atoms with Crippen molar-refractivity contribution in [2.24, 2.45) is 5.92 Å². The number of nitrogens with one attached hydrogen (secondary N) is 1. The van der Waals surface area contributed by atoms with Gasteiger partial charge in [-0.15, -0.1) is 0 Å². The molecule has 100 valence electrons. The van der Waals surface area contributed by atoms with Crippen LogP contribution in [0.15, 0.2) is 0 Å². The van der Waals surface area contributed by atoms with E-state index in [0.29, 0.717) is 11.5 Å². The van der Waals surface area contributed by atoms with Crippen LogP contribution in [0.3, 0.4) is 0 Å². The van der Waals surface area contributed by atoms with Gasteiger partial charge in [0.1, 0.15) is 0 Å². The second kappa shape index (κ2) is 6.17. The molecule has 0 amide bonds. The lowest BCUT2D eigenvalue weighted by molar-refractivity contribution is 0.00714. The molecule has 2 aliphatic rings. The molecular weight excluding hydrogens is 212 g/mol. The molecule has 0 aromatic carbocycles. The molecule has 2 fully saturated rings. The molecule has 3 heteroatoms. The van der Waals surface area contributed by atoms with Gasteiger partial charge >= 0.3 is 0 Å². The molecule has 1 saturated heterocycles. The van der Waals surface area contributed by atoms with Crippen LogP contribution in [0.5, 0.6) is 0 Å². The normalized spacial score (nSPS) is 27.2. The zero-order valence-electron chi connectivity index (χ0n) is 11.5. The summed E-state index contributed by atoms with van der Waals surface area (Å²) in [6, 6.07) is 0. The third-order valence-corrected chi connectivity index (χ3v) is 4.45. The Balaban J connectivity index is 1.96. The van der Waals surface area contributed by atoms with E-state index in [4.69, 9.17) is 4.74 Å². The van der Waals surface area contributed by atoms with E-state index in [9.17, 15) is 0 Å². The van der Waals surface area contributed by atoms with E-state index >= 15 is 0 Å². The molecule has 1 N–H and O–H groups in total. The predicted octanol–water partition coefficient (Wildman–Crippen LogP) is 1.88. The molecule has 1 aliphatic carbocycles. The third kappa shape index (κ3) is 3.21. The molecule has 0 bridgehead atoms. The first-order valence-electron chi connectivity index (χ1n) is 7.21. The highest BCUT2D eigenvalue weighted by Crippen LogP contribution is 2.34. The lowest BCUT2D eigenvalue weighted by Crippen LogP contribution is -2.62. The standard InChI is InChI=1S/C14H28N2O/c1-13(11-17-2)10-16-9-8-15-12-14(16)6-4-3-5-7-14/h13,15H,3-12H2,1-2H3. The summed E-state index contributed by atoms with van der Waals surface area (Å²) in [6.07, 6.45) is 7.04. The molecule has 17 heavy (non-hydrogen) atoms. The molecule has 1 aliphatic heterocycles. The number of ether oxygens (including phenoxy) is 1. The van der Waals surface area contributed by atoms with E-state index in [1.165, 1.54) is 51.7 Å². The van der Waals surface area contributed by atoms with Crippen molar-refractivity contribution >= 4 is 0 Å². The van der Waals surface area contributed by atoms with Gasteiger partial charge in [-0.25, -0.2) is 0 Å². The molecule has 1 heterocycles. The topological polar surface area (TPSA) is 24.5 Å². The Labute approximate surface area is 106 Å². The van der Waals surface area contributed by atoms with Gasteiger partial charge in [0.2, 0.25) is 0 Å². The molecule has 0 aromatic heterocycles. The van der Waals surface area contributed by atoms with Gasteiger partial charge in [-0.2, -0.15) is 0 Å². The molecule has 1 spiro atoms. The minimum Gasteiger partial charge on any atom is -0.384 e. The van der Waals surface area contributed by atoms with Crippen molar-refractivity contribution in [3.8, 4) is 0 Å². The van der Waals surface area contributed by atoms with Crippen molar-refractivity contribution in [2.75, 3.05) is 39.9 Å². The number of hydrogen-bond donors (Lipinski definition) is 1. The van der Waals surface area contributed by atoms with Crippen LogP contribution in [-0.2, 0) is 4.74 Å². The number of nitrogens with zero attached hydrogens (tertiary/aromatic N) is 1. The monoisotopic (exact) mass is 240 g/mol. The van der Waals surface area contributed by atoms with Crippen LogP contribution in [0.4, 0.5) is 0 Å². The molecule has 3 nitrogen and oxygen atoms in total. The molecule has 2 rings (SSSR count). The van der Waals surface area contributed by atoms with Crippen LogP contribution in [0.25, 0.3) is 0 Å². The summed E-state index contributed by atoms with van der Waals surface area (Å²) >= 11 is 0. The Kier molecular flexibility index (Phi) is 4.83. The van der Waals surface area contributed by atoms with Gasteiger partial charge in [0, 0.05) is 45.4 Å². The van der Waals surface area contributed by atoms with E-state index in [2.05, 4.69) is 17.1 Å². The van der Waals surface area contributed by atoms with E-state index in [1.807, 2.05) is 7.11 Å². The first-order valence-corrected chi connectivity index (χ1v) is 7.21. The quantitative estimate of drug-likeness (QED) is 0.812. The van der Waals surface area contributed by atoms with Crippen molar-refractivity contribution in [1.82, 2.24) is 10.2 Å². The van der Waals surface area contributed by atoms with Gasteiger partial charge < -0.3 is 10.1 Å². The summed E-state index contributed by atoms with van der Waals surface area (Å²) in [5.74, 6) is 0.650. The highest BCUT2D eigenvalue weighted by molar-refractivity contribution is 4.98. The van der Waals surface area contributed by atoms with Gasteiger partial charge in [-0.1, -0.05) is 26.2 Å². The third-order valence-electron chi connectivity index (χ3n) is 4.45. The highest BCUT2D eigenvalue weighted by Gasteiger charge is 2.39. The Morgan fingerprint density at radius 3 is 2.76 bits per heavy atom. The van der Waals surface area contributed by atoms with Gasteiger partial charge in [-0.3, -0.25) is 4.90 Å². The summed E-state index contributed by atoms with van der Waals surface area (Å²) in [5.41, 5.74) is 0.471. The van der Waals surface area contributed by atoms with Gasteiger partial charge in [0.25, 0.3) is 0 Å². The SMILES string of the molecule is COCC(C)CN1CCNCC12CCCCC2. The Bertz CT molecular complexity index is 218. The van der Waals surface area contributed by atoms with E-state index in [1.54, 1.807) is 0 Å². The van der Waals surface area contributed by atoms with Crippen molar-refractivity contribution in [2.45, 2.75) is 44.6 Å². The van der Waals surface area contributed by atoms with E-state index < -0.39 is 0 Å². The lowest BCUT2D eigenvalue weighted by atomic mass is 9.78. The van der Waals surface area contributed by atoms with E-state index in [0.717, 1.165) is 13.2 Å². The second-order valence-electron chi connectivity index (χ2n) is 5.97. The largest absolute Gasteiger partial charge is 0.384 e. The van der Waals surface area contributed by atoms with Crippen LogP contribution in [0.2, 0.25) is 0 Å². The molecule has 1 saturated carbocycles. The van der Waals surface area contributed by atoms with Gasteiger partial charge in [0.15, 0.2) is 0 Å². The number of methoxy groups -OCH3 is 1. The maximum absolute atomic E-state index is 5.28. The summed E-state index contributed by atoms with van der Waals surface area (Å²) in [5, 5.41) is 3.61. The molecular formula is C14H28N2O. The zero-order valence-corrected chi connectivity index (χ0v) is 11.5. The first kappa shape index (κ1) is 13.3. The average Bonchev–Trinajstić information content (AvgIpc) is 2.34. The fourth-order valence-corrected chi connectivity index (χ4v) is 3.59. The molecule has 0 aromatic rings. The average molecular weight is 240 g/mol. The summed E-state index contributed by atoms with van der Waals surface area (Å²) in [4.78, 5) is 2.76. The summed E-state index contributed by atoms with van der Waals surface area (Å²) in [7, 11) is 1.81. The van der Waals surface area contributed by atoms with Crippen LogP contribution in [-0.4, -0.2) is 50.3 Å². The van der Waals surface area contributed by atoms with Gasteiger partial charge in [-0.05, 0) is 18.8 Å². The predicted molar refractivity (Wildman–Crippen MR) is 71.3 cm³/mol. The maximum Gasteiger partial charge on any atom is 0.0500 e. The number of hydrogen-bond acceptors (Lipinski definition) is 3. The first-order chi connectivity index (χ1) is 8.27. The van der Waals surface area contributed by atoms with E-state index in [-0.39, 0.29) is 0 Å². The second-order valence-corrected chi connectivity index (χ2v) is 5.97. The smallest absolute Gasteiger partial charge is 0.0500 e. The maximum atomic E-state index is 5.28. The number of piperazine rings is 1. The van der Waals surface area contributed by atoms with Crippen LogP contribution >= 0.6 is 0 Å². The summed E-state index contributed by atoms with van der Waals surface area (Å²) in [6.45, 7) is 7.97. The zero-order chi connectivity index (χ0) is 12.1. The Morgan fingerprint density at radius 1 is 1.29 bits per heavy atom. The molecule has 0 radical (unpaired) electrons. The molecule has 1 unspecified atom stereocenters.